The molecule has 1 aromatic heterocycles. The topological polar surface area (TPSA) is 92.2 Å². The number of aliphatic hydroxyl groups is 1. The number of likely N-dealkylation sites (N-methyl/N-ethyl adjacent to an activating group) is 1. The molecule has 0 saturated heterocycles. The van der Waals surface area contributed by atoms with E-state index < -0.39 is 0 Å². The Morgan fingerprint density at radius 2 is 2.00 bits per heavy atom. The van der Waals surface area contributed by atoms with E-state index in [-0.39, 0.29) is 47.9 Å². The number of rotatable bonds is 5. The molecule has 2 amide bonds. The second-order valence-electron chi connectivity index (χ2n) is 8.58. The van der Waals surface area contributed by atoms with Gasteiger partial charge >= 0.3 is 0 Å². The lowest BCUT2D eigenvalue weighted by Crippen LogP contribution is -2.50. The van der Waals surface area contributed by atoms with E-state index in [4.69, 9.17) is 9.47 Å². The molecule has 34 heavy (non-hydrogen) atoms. The largest absolute Gasteiger partial charge is 0.497 e. The van der Waals surface area contributed by atoms with Gasteiger partial charge in [0.15, 0.2) is 0 Å². The first-order valence-electron chi connectivity index (χ1n) is 11.2. The van der Waals surface area contributed by atoms with Crippen molar-refractivity contribution in [3.8, 4) is 23.5 Å². The molecule has 8 nitrogen and oxygen atoms in total. The van der Waals surface area contributed by atoms with Crippen molar-refractivity contribution in [3.63, 3.8) is 0 Å². The van der Waals surface area contributed by atoms with Crippen molar-refractivity contribution in [2.45, 2.75) is 32.9 Å². The lowest BCUT2D eigenvalue weighted by molar-refractivity contribution is -0.129. The molecule has 1 aliphatic heterocycles. The minimum Gasteiger partial charge on any atom is -0.497 e. The predicted octanol–water partition coefficient (Wildman–Crippen LogP) is 2.19. The number of nitrogens with zero attached hydrogens (tertiary/aromatic N) is 3. The molecule has 0 spiro atoms. The van der Waals surface area contributed by atoms with Gasteiger partial charge in [-0.3, -0.25) is 9.59 Å². The van der Waals surface area contributed by atoms with Crippen molar-refractivity contribution < 1.29 is 24.2 Å². The monoisotopic (exact) mass is 465 g/mol. The molecular weight excluding hydrogens is 434 g/mol. The summed E-state index contributed by atoms with van der Waals surface area (Å²) in [5.74, 6) is 6.61. The predicted molar refractivity (Wildman–Crippen MR) is 128 cm³/mol. The molecule has 0 aliphatic carbocycles. The van der Waals surface area contributed by atoms with Gasteiger partial charge in [-0.25, -0.2) is 4.98 Å². The van der Waals surface area contributed by atoms with E-state index in [0.717, 1.165) is 11.3 Å². The van der Waals surface area contributed by atoms with Crippen LogP contribution in [0.15, 0.2) is 36.5 Å². The highest BCUT2D eigenvalue weighted by Crippen LogP contribution is 2.27. The van der Waals surface area contributed by atoms with E-state index in [1.54, 1.807) is 43.1 Å². The highest BCUT2D eigenvalue weighted by molar-refractivity contribution is 5.97. The number of ether oxygens (including phenoxy) is 2. The average molecular weight is 466 g/mol. The van der Waals surface area contributed by atoms with Crippen LogP contribution in [0.4, 0.5) is 0 Å². The van der Waals surface area contributed by atoms with Crippen molar-refractivity contribution in [2.24, 2.45) is 5.92 Å². The molecule has 3 rings (SSSR count). The number of fused-ring (bicyclic) bond motifs is 1. The number of carbonyl (C=O) groups is 2. The minimum atomic E-state index is -0.388. The zero-order chi connectivity index (χ0) is 24.8. The second-order valence-corrected chi connectivity index (χ2v) is 8.58. The number of benzene rings is 1. The molecule has 180 valence electrons. The third kappa shape index (κ3) is 5.86. The Morgan fingerprint density at radius 1 is 1.32 bits per heavy atom. The third-order valence-corrected chi connectivity index (χ3v) is 5.95. The molecule has 8 heteroatoms. The molecule has 0 bridgehead atoms. The molecule has 1 N–H and O–H groups in total. The third-order valence-electron chi connectivity index (χ3n) is 5.95. The van der Waals surface area contributed by atoms with Crippen LogP contribution < -0.4 is 9.47 Å². The van der Waals surface area contributed by atoms with Crippen LogP contribution in [0.25, 0.3) is 0 Å². The van der Waals surface area contributed by atoms with E-state index in [1.165, 1.54) is 6.92 Å². The summed E-state index contributed by atoms with van der Waals surface area (Å²) in [6.07, 6.45) is 1.19. The fraction of sp³-hybridized carbons (Fsp3) is 0.423. The molecular formula is C26H31N3O5. The number of hydrogen-bond acceptors (Lipinski definition) is 6. The maximum absolute atomic E-state index is 13.4. The molecule has 1 aromatic carbocycles. The summed E-state index contributed by atoms with van der Waals surface area (Å²) in [5.41, 5.74) is 1.64. The number of pyridine rings is 1. The number of carbonyl (C=O) groups excluding carboxylic acids is 2. The Kier molecular flexibility index (Phi) is 8.13. The molecule has 1 aliphatic rings. The molecule has 0 saturated carbocycles. The quantitative estimate of drug-likeness (QED) is 0.681. The first kappa shape index (κ1) is 25.1. The number of aromatic nitrogens is 1. The first-order chi connectivity index (χ1) is 16.2. The van der Waals surface area contributed by atoms with Crippen LogP contribution in [0, 0.1) is 17.8 Å². The Balaban J connectivity index is 1.98. The summed E-state index contributed by atoms with van der Waals surface area (Å²) >= 11 is 0. The number of amides is 2. The smallest absolute Gasteiger partial charge is 0.259 e. The molecule has 0 unspecified atom stereocenters. The van der Waals surface area contributed by atoms with E-state index in [1.807, 2.05) is 31.2 Å². The van der Waals surface area contributed by atoms with E-state index in [9.17, 15) is 14.7 Å². The van der Waals surface area contributed by atoms with Crippen molar-refractivity contribution in [3.05, 3.63) is 53.2 Å². The second kappa shape index (κ2) is 11.0. The number of aliphatic hydroxyl groups excluding tert-OH is 1. The summed E-state index contributed by atoms with van der Waals surface area (Å²) in [6, 6.07) is 8.63. The lowest BCUT2D eigenvalue weighted by Gasteiger charge is -2.37. The lowest BCUT2D eigenvalue weighted by atomic mass is 10.00. The van der Waals surface area contributed by atoms with Crippen molar-refractivity contribution in [1.82, 2.24) is 14.8 Å². The van der Waals surface area contributed by atoms with Gasteiger partial charge in [0.05, 0.1) is 26.3 Å². The zero-order valence-corrected chi connectivity index (χ0v) is 20.2. The number of methoxy groups -OCH3 is 1. The summed E-state index contributed by atoms with van der Waals surface area (Å²) < 4.78 is 11.3. The zero-order valence-electron chi connectivity index (χ0n) is 20.2. The Morgan fingerprint density at radius 3 is 2.62 bits per heavy atom. The van der Waals surface area contributed by atoms with Gasteiger partial charge in [0.1, 0.15) is 17.4 Å². The summed E-state index contributed by atoms with van der Waals surface area (Å²) in [5, 5.41) is 9.76. The maximum Gasteiger partial charge on any atom is 0.259 e. The molecule has 2 aromatic rings. The van der Waals surface area contributed by atoms with Gasteiger partial charge in [0, 0.05) is 43.8 Å². The highest BCUT2D eigenvalue weighted by Gasteiger charge is 2.34. The van der Waals surface area contributed by atoms with Crippen molar-refractivity contribution >= 4 is 11.8 Å². The van der Waals surface area contributed by atoms with E-state index >= 15 is 0 Å². The van der Waals surface area contributed by atoms with E-state index in [0.29, 0.717) is 18.7 Å². The molecule has 0 fully saturated rings. The van der Waals surface area contributed by atoms with Gasteiger partial charge in [-0.1, -0.05) is 18.8 Å². The highest BCUT2D eigenvalue weighted by atomic mass is 16.5. The van der Waals surface area contributed by atoms with Crippen LogP contribution in [0.2, 0.25) is 0 Å². The van der Waals surface area contributed by atoms with Crippen LogP contribution in [0.1, 0.15) is 42.3 Å². The summed E-state index contributed by atoms with van der Waals surface area (Å²) in [6.45, 7) is 5.81. The van der Waals surface area contributed by atoms with Gasteiger partial charge in [0.25, 0.3) is 5.91 Å². The summed E-state index contributed by atoms with van der Waals surface area (Å²) in [7, 11) is 3.32. The van der Waals surface area contributed by atoms with Crippen LogP contribution in [-0.2, 0) is 4.79 Å². The fourth-order valence-corrected chi connectivity index (χ4v) is 3.61. The normalized spacial score (nSPS) is 18.4. The maximum atomic E-state index is 13.4. The van der Waals surface area contributed by atoms with Gasteiger partial charge < -0.3 is 24.4 Å². The van der Waals surface area contributed by atoms with Crippen molar-refractivity contribution in [2.75, 3.05) is 33.9 Å². The minimum absolute atomic E-state index is 0.0770. The van der Waals surface area contributed by atoms with Crippen LogP contribution in [0.3, 0.4) is 0 Å². The average Bonchev–Trinajstić information content (AvgIpc) is 2.84. The SMILES string of the molecule is COc1ccc(C#Cc2cnc3c(c2)C(=O)N([C@@H](C)CO)C[C@@H](C)[C@H](CN(C)C(C)=O)O3)cc1. The molecule has 0 radical (unpaired) electrons. The van der Waals surface area contributed by atoms with Gasteiger partial charge in [-0.2, -0.15) is 0 Å². The van der Waals surface area contributed by atoms with Crippen molar-refractivity contribution in [1.29, 1.82) is 0 Å². The first-order valence-corrected chi connectivity index (χ1v) is 11.2. The molecule has 2 heterocycles. The van der Waals surface area contributed by atoms with Gasteiger partial charge in [-0.05, 0) is 37.3 Å². The Labute approximate surface area is 200 Å². The van der Waals surface area contributed by atoms with E-state index in [2.05, 4.69) is 16.8 Å². The standard InChI is InChI=1S/C26H31N3O5/c1-17-14-29(18(2)16-30)26(32)23-12-21(7-6-20-8-10-22(33-5)11-9-20)13-27-25(23)34-24(17)15-28(4)19(3)31/h8-13,17-18,24,30H,14-16H2,1-5H3/t17-,18+,24+/m1/s1. The van der Waals surface area contributed by atoms with Gasteiger partial charge in [0.2, 0.25) is 11.8 Å². The Bertz CT molecular complexity index is 1090. The fourth-order valence-electron chi connectivity index (χ4n) is 3.61. The molecule has 3 atom stereocenters. The van der Waals surface area contributed by atoms with Gasteiger partial charge in [-0.15, -0.1) is 0 Å². The van der Waals surface area contributed by atoms with Crippen LogP contribution in [-0.4, -0.2) is 77.7 Å². The van der Waals surface area contributed by atoms with Crippen LogP contribution >= 0.6 is 0 Å². The van der Waals surface area contributed by atoms with Crippen LogP contribution in [0.5, 0.6) is 11.6 Å². The summed E-state index contributed by atoms with van der Waals surface area (Å²) in [4.78, 5) is 32.9. The Hall–Kier alpha value is -3.57. The number of hydrogen-bond donors (Lipinski definition) is 1.